The zero-order valence-electron chi connectivity index (χ0n) is 15.0. The number of nitrogens with zero attached hydrogens (tertiary/aromatic N) is 5. The van der Waals surface area contributed by atoms with Gasteiger partial charge in [-0.3, -0.25) is 14.8 Å². The number of alkyl halides is 3. The number of anilines is 1. The van der Waals surface area contributed by atoms with Crippen LogP contribution in [0.15, 0.2) is 35.1 Å². The molecule has 0 aliphatic carbocycles. The number of rotatable bonds is 6. The van der Waals surface area contributed by atoms with Crippen LogP contribution in [0.4, 0.5) is 23.5 Å². The van der Waals surface area contributed by atoms with Gasteiger partial charge in [0, 0.05) is 6.42 Å². The lowest BCUT2D eigenvalue weighted by molar-refractivity contribution is -0.142. The first-order chi connectivity index (χ1) is 13.6. The van der Waals surface area contributed by atoms with Crippen LogP contribution in [0.1, 0.15) is 23.4 Å². The number of benzene rings is 1. The minimum absolute atomic E-state index is 0.0391. The molecule has 29 heavy (non-hydrogen) atoms. The summed E-state index contributed by atoms with van der Waals surface area (Å²) in [5.74, 6) is -0.752. The van der Waals surface area contributed by atoms with Crippen LogP contribution in [0.3, 0.4) is 0 Å². The van der Waals surface area contributed by atoms with Crippen LogP contribution in [0, 0.1) is 12.7 Å². The maximum absolute atomic E-state index is 12.9. The molecule has 0 radical (unpaired) electrons. The monoisotopic (exact) mass is 474 g/mol. The van der Waals surface area contributed by atoms with Gasteiger partial charge in [0.15, 0.2) is 5.69 Å². The van der Waals surface area contributed by atoms with Gasteiger partial charge in [-0.2, -0.15) is 18.3 Å². The summed E-state index contributed by atoms with van der Waals surface area (Å²) in [5, 5.41) is 10.1. The van der Waals surface area contributed by atoms with E-state index in [9.17, 15) is 22.4 Å². The number of aromatic nitrogens is 5. The second-order valence-electron chi connectivity index (χ2n) is 6.16. The molecule has 0 aliphatic heterocycles. The van der Waals surface area contributed by atoms with Gasteiger partial charge in [-0.05, 0) is 40.5 Å². The molecule has 0 bridgehead atoms. The van der Waals surface area contributed by atoms with Gasteiger partial charge in [0.25, 0.3) is 0 Å². The fourth-order valence-electron chi connectivity index (χ4n) is 2.52. The van der Waals surface area contributed by atoms with Gasteiger partial charge in [0.1, 0.15) is 12.1 Å². The van der Waals surface area contributed by atoms with E-state index in [0.717, 1.165) is 10.2 Å². The highest BCUT2D eigenvalue weighted by Gasteiger charge is 2.37. The first kappa shape index (κ1) is 21.0. The number of halogens is 5. The second kappa shape index (κ2) is 8.31. The highest BCUT2D eigenvalue weighted by atomic mass is 79.9. The van der Waals surface area contributed by atoms with E-state index in [1.54, 1.807) is 12.1 Å². The molecule has 0 unspecified atom stereocenters. The molecule has 1 amide bonds. The largest absolute Gasteiger partial charge is 0.436 e. The predicted molar refractivity (Wildman–Crippen MR) is 98.4 cm³/mol. The predicted octanol–water partition coefficient (Wildman–Crippen LogP) is 3.78. The Kier molecular flexibility index (Phi) is 6.01. The summed E-state index contributed by atoms with van der Waals surface area (Å²) in [4.78, 5) is 16.0. The molecule has 0 fully saturated rings. The zero-order chi connectivity index (χ0) is 21.2. The molecule has 0 atom stereocenters. The van der Waals surface area contributed by atoms with E-state index in [4.69, 9.17) is 0 Å². The molecule has 154 valence electrons. The van der Waals surface area contributed by atoms with Gasteiger partial charge in [-0.1, -0.05) is 12.1 Å². The van der Waals surface area contributed by atoms with Gasteiger partial charge in [0.2, 0.25) is 11.9 Å². The van der Waals surface area contributed by atoms with Crippen LogP contribution in [-0.4, -0.2) is 30.5 Å². The third-order valence-corrected chi connectivity index (χ3v) is 4.95. The Morgan fingerprint density at radius 2 is 1.90 bits per heavy atom. The Bertz CT molecular complexity index is 1010. The highest BCUT2D eigenvalue weighted by molar-refractivity contribution is 9.10. The summed E-state index contributed by atoms with van der Waals surface area (Å²) in [6.07, 6.45) is -3.29. The van der Waals surface area contributed by atoms with E-state index in [2.05, 4.69) is 36.4 Å². The third kappa shape index (κ3) is 5.19. The third-order valence-electron chi connectivity index (χ3n) is 4.00. The van der Waals surface area contributed by atoms with Crippen molar-refractivity contribution in [2.45, 2.75) is 32.6 Å². The Labute approximate surface area is 170 Å². The molecule has 0 spiro atoms. The van der Waals surface area contributed by atoms with Crippen LogP contribution in [0.5, 0.6) is 0 Å². The topological polar surface area (TPSA) is 77.6 Å². The van der Waals surface area contributed by atoms with Crippen molar-refractivity contribution in [3.63, 3.8) is 0 Å². The number of amides is 1. The van der Waals surface area contributed by atoms with Crippen molar-refractivity contribution in [1.29, 1.82) is 0 Å². The van der Waals surface area contributed by atoms with Crippen LogP contribution in [-0.2, 0) is 24.1 Å². The van der Waals surface area contributed by atoms with E-state index < -0.39 is 17.8 Å². The summed E-state index contributed by atoms with van der Waals surface area (Å²) >= 11 is 2.88. The van der Waals surface area contributed by atoms with Crippen LogP contribution >= 0.6 is 15.9 Å². The van der Waals surface area contributed by atoms with Gasteiger partial charge < -0.3 is 0 Å². The SMILES string of the molecule is Cc1c(Br)c(C(F)(F)F)nn1CCC(=O)Nc1ncn(Cc2ccc(F)cc2)n1. The minimum Gasteiger partial charge on any atom is -0.293 e. The molecule has 2 heterocycles. The summed E-state index contributed by atoms with van der Waals surface area (Å²) in [7, 11) is 0. The standard InChI is InChI=1S/C17H15BrF4N6O/c1-10-14(18)15(17(20,21)22)25-28(10)7-6-13(29)24-16-23-9-27(26-16)8-11-2-4-12(19)5-3-11/h2-5,9H,6-8H2,1H3,(H,24,26,29). The van der Waals surface area contributed by atoms with Crippen molar-refractivity contribution < 1.29 is 22.4 Å². The van der Waals surface area contributed by atoms with Crippen molar-refractivity contribution >= 4 is 27.8 Å². The Morgan fingerprint density at radius 1 is 1.21 bits per heavy atom. The van der Waals surface area contributed by atoms with E-state index in [-0.39, 0.29) is 34.9 Å². The maximum Gasteiger partial charge on any atom is 0.436 e. The number of carbonyl (C=O) groups excluding carboxylic acids is 1. The molecule has 7 nitrogen and oxygen atoms in total. The van der Waals surface area contributed by atoms with E-state index in [1.165, 1.54) is 30.1 Å². The number of hydrogen-bond acceptors (Lipinski definition) is 4. The normalized spacial score (nSPS) is 11.7. The summed E-state index contributed by atoms with van der Waals surface area (Å²) in [6.45, 7) is 1.77. The minimum atomic E-state index is -4.58. The molecular weight excluding hydrogens is 460 g/mol. The molecule has 3 rings (SSSR count). The number of hydrogen-bond donors (Lipinski definition) is 1. The molecule has 3 aromatic rings. The van der Waals surface area contributed by atoms with E-state index in [0.29, 0.717) is 6.54 Å². The molecule has 0 saturated heterocycles. The number of nitrogens with one attached hydrogen (secondary N) is 1. The zero-order valence-corrected chi connectivity index (χ0v) is 16.6. The van der Waals surface area contributed by atoms with Crippen LogP contribution < -0.4 is 5.32 Å². The van der Waals surface area contributed by atoms with Crippen molar-refractivity contribution in [3.8, 4) is 0 Å². The van der Waals surface area contributed by atoms with Crippen LogP contribution in [0.2, 0.25) is 0 Å². The molecule has 0 aliphatic rings. The fourth-order valence-corrected chi connectivity index (χ4v) is 3.03. The first-order valence-electron chi connectivity index (χ1n) is 8.37. The van der Waals surface area contributed by atoms with Crippen LogP contribution in [0.25, 0.3) is 0 Å². The summed E-state index contributed by atoms with van der Waals surface area (Å²) in [6, 6.07) is 5.87. The molecule has 1 aromatic carbocycles. The molecule has 1 N–H and O–H groups in total. The molecule has 2 aromatic heterocycles. The average Bonchev–Trinajstić information content (AvgIpc) is 3.20. The number of aryl methyl sites for hydroxylation is 1. The van der Waals surface area contributed by atoms with Gasteiger partial charge >= 0.3 is 6.18 Å². The lowest BCUT2D eigenvalue weighted by Crippen LogP contribution is -2.17. The van der Waals surface area contributed by atoms with E-state index in [1.807, 2.05) is 0 Å². The Balaban J connectivity index is 1.56. The fraction of sp³-hybridized carbons (Fsp3) is 0.294. The van der Waals surface area contributed by atoms with E-state index >= 15 is 0 Å². The quantitative estimate of drug-likeness (QED) is 0.551. The molecule has 0 saturated carbocycles. The lowest BCUT2D eigenvalue weighted by Gasteiger charge is -2.04. The van der Waals surface area contributed by atoms with Gasteiger partial charge in [-0.25, -0.2) is 14.1 Å². The first-order valence-corrected chi connectivity index (χ1v) is 9.16. The summed E-state index contributed by atoms with van der Waals surface area (Å²) in [5.41, 5.74) is 0.0396. The van der Waals surface area contributed by atoms with Crippen molar-refractivity contribution in [1.82, 2.24) is 24.5 Å². The maximum atomic E-state index is 12.9. The van der Waals surface area contributed by atoms with Gasteiger partial charge in [-0.15, -0.1) is 5.10 Å². The smallest absolute Gasteiger partial charge is 0.293 e. The molecular formula is C17H15BrF4N6O. The number of carbonyl (C=O) groups is 1. The second-order valence-corrected chi connectivity index (χ2v) is 6.95. The highest BCUT2D eigenvalue weighted by Crippen LogP contribution is 2.35. The Hall–Kier alpha value is -2.76. The summed E-state index contributed by atoms with van der Waals surface area (Å²) < 4.78 is 54.0. The Morgan fingerprint density at radius 3 is 2.52 bits per heavy atom. The lowest BCUT2D eigenvalue weighted by atomic mass is 10.2. The van der Waals surface area contributed by atoms with Crippen molar-refractivity contribution in [2.75, 3.05) is 5.32 Å². The van der Waals surface area contributed by atoms with Crippen molar-refractivity contribution in [3.05, 3.63) is 57.8 Å². The molecule has 12 heteroatoms. The average molecular weight is 475 g/mol. The van der Waals surface area contributed by atoms with Gasteiger partial charge in [0.05, 0.1) is 23.3 Å². The van der Waals surface area contributed by atoms with Crippen molar-refractivity contribution in [2.24, 2.45) is 0 Å².